The zero-order valence-electron chi connectivity index (χ0n) is 9.31. The van der Waals surface area contributed by atoms with Gasteiger partial charge < -0.3 is 5.11 Å². The number of hydrogen-bond donors (Lipinski definition) is 1. The van der Waals surface area contributed by atoms with Crippen LogP contribution in [-0.4, -0.2) is 35.5 Å². The number of carboxylic acids is 1. The van der Waals surface area contributed by atoms with E-state index in [1.165, 1.54) is 36.3 Å². The maximum absolute atomic E-state index is 12.3. The van der Waals surface area contributed by atoms with Crippen molar-refractivity contribution in [3.05, 3.63) is 36.0 Å². The van der Waals surface area contributed by atoms with E-state index in [9.17, 15) is 13.2 Å². The number of pyridine rings is 1. The Bertz CT molecular complexity index is 582. The van der Waals surface area contributed by atoms with Crippen molar-refractivity contribution >= 4 is 27.6 Å². The minimum atomic E-state index is -3.69. The lowest BCUT2D eigenvalue weighted by Crippen LogP contribution is -2.33. The van der Waals surface area contributed by atoms with E-state index in [0.29, 0.717) is 4.91 Å². The van der Waals surface area contributed by atoms with Crippen LogP contribution in [0.25, 0.3) is 0 Å². The van der Waals surface area contributed by atoms with Crippen molar-refractivity contribution in [1.29, 1.82) is 0 Å². The summed E-state index contributed by atoms with van der Waals surface area (Å²) < 4.78 is 24.7. The van der Waals surface area contributed by atoms with Gasteiger partial charge in [-0.05, 0) is 17.0 Å². The average molecular weight is 285 g/mol. The summed E-state index contributed by atoms with van der Waals surface area (Å²) in [5.74, 6) is -1.99. The van der Waals surface area contributed by atoms with E-state index in [-0.39, 0.29) is 10.6 Å². The first kappa shape index (κ1) is 13.1. The highest BCUT2D eigenvalue weighted by Crippen LogP contribution is 2.40. The molecule has 0 aromatic carbocycles. The zero-order chi connectivity index (χ0) is 13.3. The van der Waals surface area contributed by atoms with E-state index in [4.69, 9.17) is 5.11 Å². The second kappa shape index (κ2) is 4.74. The molecule has 5 nitrogen and oxygen atoms in total. The SMILES string of the molecule is C=C1SCC(S(=O)(=O)c2cccnc2)[C@@H]1C(=O)O. The van der Waals surface area contributed by atoms with E-state index >= 15 is 0 Å². The lowest BCUT2D eigenvalue weighted by atomic mass is 10.1. The van der Waals surface area contributed by atoms with Crippen LogP contribution in [0.4, 0.5) is 0 Å². The quantitative estimate of drug-likeness (QED) is 0.898. The number of rotatable bonds is 3. The molecule has 0 saturated carbocycles. The second-order valence-corrected chi connectivity index (χ2v) is 7.18. The number of sulfone groups is 1. The molecule has 1 aliphatic rings. The molecule has 0 bridgehead atoms. The molecule has 1 aliphatic heterocycles. The van der Waals surface area contributed by atoms with Crippen LogP contribution in [0.15, 0.2) is 40.9 Å². The zero-order valence-corrected chi connectivity index (χ0v) is 10.9. The Morgan fingerprint density at radius 3 is 2.83 bits per heavy atom. The smallest absolute Gasteiger partial charge is 0.312 e. The molecule has 7 heteroatoms. The van der Waals surface area contributed by atoms with Gasteiger partial charge in [-0.15, -0.1) is 11.8 Å². The Kier molecular flexibility index (Phi) is 3.45. The van der Waals surface area contributed by atoms with E-state index < -0.39 is 27.0 Å². The second-order valence-electron chi connectivity index (χ2n) is 3.87. The molecule has 2 atom stereocenters. The first-order valence-electron chi connectivity index (χ1n) is 5.13. The number of hydrogen-bond acceptors (Lipinski definition) is 5. The third kappa shape index (κ3) is 2.15. The first-order valence-corrected chi connectivity index (χ1v) is 7.66. The van der Waals surface area contributed by atoms with Crippen molar-refractivity contribution in [2.24, 2.45) is 5.92 Å². The molecule has 2 rings (SSSR count). The lowest BCUT2D eigenvalue weighted by molar-refractivity contribution is -0.139. The lowest BCUT2D eigenvalue weighted by Gasteiger charge is -2.15. The van der Waals surface area contributed by atoms with Crippen LogP contribution in [0.2, 0.25) is 0 Å². The Hall–Kier alpha value is -1.34. The Morgan fingerprint density at radius 2 is 2.28 bits per heavy atom. The number of thioether (sulfide) groups is 1. The summed E-state index contributed by atoms with van der Waals surface area (Å²) in [6.45, 7) is 3.62. The molecule has 18 heavy (non-hydrogen) atoms. The van der Waals surface area contributed by atoms with Crippen LogP contribution in [-0.2, 0) is 14.6 Å². The highest BCUT2D eigenvalue weighted by atomic mass is 32.2. The number of carbonyl (C=O) groups is 1. The Morgan fingerprint density at radius 1 is 1.56 bits per heavy atom. The third-order valence-electron chi connectivity index (χ3n) is 2.78. The highest BCUT2D eigenvalue weighted by Gasteiger charge is 2.45. The van der Waals surface area contributed by atoms with Crippen LogP contribution < -0.4 is 0 Å². The molecule has 0 radical (unpaired) electrons. The van der Waals surface area contributed by atoms with Gasteiger partial charge in [0.2, 0.25) is 0 Å². The molecule has 96 valence electrons. The third-order valence-corrected chi connectivity index (χ3v) is 6.28. The van der Waals surface area contributed by atoms with Crippen molar-refractivity contribution in [2.45, 2.75) is 10.1 Å². The molecule has 1 saturated heterocycles. The van der Waals surface area contributed by atoms with E-state index in [1.807, 2.05) is 0 Å². The topological polar surface area (TPSA) is 84.3 Å². The van der Waals surface area contributed by atoms with Gasteiger partial charge in [-0.1, -0.05) is 6.58 Å². The van der Waals surface area contributed by atoms with Crippen LogP contribution in [0.1, 0.15) is 0 Å². The summed E-state index contributed by atoms with van der Waals surface area (Å²) in [6.07, 6.45) is 2.70. The molecule has 0 spiro atoms. The van der Waals surface area contributed by atoms with Crippen LogP contribution in [0.3, 0.4) is 0 Å². The maximum atomic E-state index is 12.3. The fourth-order valence-corrected chi connectivity index (χ4v) is 5.33. The number of carboxylic acid groups (broad SMARTS) is 1. The summed E-state index contributed by atoms with van der Waals surface area (Å²) in [7, 11) is -3.69. The minimum absolute atomic E-state index is 0.0524. The van der Waals surface area contributed by atoms with Crippen LogP contribution in [0.5, 0.6) is 0 Å². The van der Waals surface area contributed by atoms with Gasteiger partial charge in [-0.25, -0.2) is 8.42 Å². The van der Waals surface area contributed by atoms with Gasteiger partial charge in [0.15, 0.2) is 9.84 Å². The van der Waals surface area contributed by atoms with Crippen LogP contribution in [0, 0.1) is 5.92 Å². The van der Waals surface area contributed by atoms with Crippen molar-refractivity contribution in [3.63, 3.8) is 0 Å². The van der Waals surface area contributed by atoms with Crippen molar-refractivity contribution in [1.82, 2.24) is 4.98 Å². The standard InChI is InChI=1S/C11H11NO4S2/c1-7-10(11(13)14)9(6-17-7)18(15,16)8-3-2-4-12-5-8/h2-5,9-10H,1,6H2,(H,13,14)/t9?,10-/m1/s1. The monoisotopic (exact) mass is 285 g/mol. The fraction of sp³-hybridized carbons (Fsp3) is 0.273. The summed E-state index contributed by atoms with van der Waals surface area (Å²) in [5.41, 5.74) is 0. The molecule has 1 unspecified atom stereocenters. The van der Waals surface area contributed by atoms with E-state index in [2.05, 4.69) is 11.6 Å². The van der Waals surface area contributed by atoms with Crippen molar-refractivity contribution in [2.75, 3.05) is 5.75 Å². The average Bonchev–Trinajstić information content (AvgIpc) is 2.73. The first-order chi connectivity index (χ1) is 8.44. The highest BCUT2D eigenvalue weighted by molar-refractivity contribution is 8.05. The molecule has 0 aliphatic carbocycles. The number of aliphatic carboxylic acids is 1. The fourth-order valence-electron chi connectivity index (χ4n) is 1.84. The van der Waals surface area contributed by atoms with E-state index in [0.717, 1.165) is 0 Å². The van der Waals surface area contributed by atoms with Gasteiger partial charge in [0, 0.05) is 18.1 Å². The largest absolute Gasteiger partial charge is 0.481 e. The predicted molar refractivity (Wildman–Crippen MR) is 67.9 cm³/mol. The van der Waals surface area contributed by atoms with Gasteiger partial charge in [-0.3, -0.25) is 9.78 Å². The minimum Gasteiger partial charge on any atom is -0.481 e. The van der Waals surface area contributed by atoms with Crippen molar-refractivity contribution < 1.29 is 18.3 Å². The molecular formula is C11H11NO4S2. The van der Waals surface area contributed by atoms with Gasteiger partial charge in [0.1, 0.15) is 5.92 Å². The van der Waals surface area contributed by atoms with Gasteiger partial charge in [-0.2, -0.15) is 0 Å². The van der Waals surface area contributed by atoms with Gasteiger partial charge >= 0.3 is 5.97 Å². The van der Waals surface area contributed by atoms with Gasteiger partial charge in [0.25, 0.3) is 0 Å². The summed E-state index contributed by atoms with van der Waals surface area (Å²) in [4.78, 5) is 15.3. The molecule has 0 amide bonds. The molecule has 1 aromatic heterocycles. The van der Waals surface area contributed by atoms with E-state index in [1.54, 1.807) is 0 Å². The Balaban J connectivity index is 2.43. The van der Waals surface area contributed by atoms with Crippen molar-refractivity contribution in [3.8, 4) is 0 Å². The molecule has 1 aromatic rings. The van der Waals surface area contributed by atoms with Crippen LogP contribution >= 0.6 is 11.8 Å². The molecule has 2 heterocycles. The predicted octanol–water partition coefficient (Wildman–Crippen LogP) is 1.19. The number of nitrogens with zero attached hydrogens (tertiary/aromatic N) is 1. The number of aromatic nitrogens is 1. The molecular weight excluding hydrogens is 274 g/mol. The molecule has 1 fully saturated rings. The normalized spacial score (nSPS) is 24.1. The molecule has 1 N–H and O–H groups in total. The Labute approximate surface area is 109 Å². The maximum Gasteiger partial charge on any atom is 0.312 e. The summed E-state index contributed by atoms with van der Waals surface area (Å²) >= 11 is 1.19. The summed E-state index contributed by atoms with van der Waals surface area (Å²) in [6, 6.07) is 2.94. The van der Waals surface area contributed by atoms with Gasteiger partial charge in [0.05, 0.1) is 10.1 Å². The summed E-state index contributed by atoms with van der Waals surface area (Å²) in [5, 5.41) is 8.13.